The number of methoxy groups -OCH3 is 1. The highest BCUT2D eigenvalue weighted by molar-refractivity contribution is 6.05. The molecule has 2 heterocycles. The fourth-order valence-electron chi connectivity index (χ4n) is 4.30. The van der Waals surface area contributed by atoms with Crippen LogP contribution in [0.15, 0.2) is 54.6 Å². The van der Waals surface area contributed by atoms with Crippen LogP contribution < -0.4 is 4.74 Å². The molecule has 2 aromatic rings. The maximum Gasteiger partial charge on any atom is 0.247 e. The van der Waals surface area contributed by atoms with Crippen molar-refractivity contribution in [3.8, 4) is 5.75 Å². The first kappa shape index (κ1) is 18.7. The number of benzene rings is 2. The van der Waals surface area contributed by atoms with E-state index in [2.05, 4.69) is 17.0 Å². The summed E-state index contributed by atoms with van der Waals surface area (Å²) in [5.41, 5.74) is 2.31. The van der Waals surface area contributed by atoms with Crippen LogP contribution in [0.3, 0.4) is 0 Å². The van der Waals surface area contributed by atoms with E-state index in [-0.39, 0.29) is 17.9 Å². The maximum absolute atomic E-state index is 12.9. The molecular weight excluding hydrogens is 352 g/mol. The number of hydrogen-bond acceptors (Lipinski definition) is 4. The Balaban J connectivity index is 1.36. The molecule has 146 valence electrons. The monoisotopic (exact) mass is 378 g/mol. The zero-order valence-corrected chi connectivity index (χ0v) is 16.2. The highest BCUT2D eigenvalue weighted by Crippen LogP contribution is 2.32. The molecule has 2 aliphatic rings. The van der Waals surface area contributed by atoms with E-state index in [4.69, 9.17) is 4.74 Å². The second-order valence-electron chi connectivity index (χ2n) is 7.61. The Labute approximate surface area is 165 Å². The minimum Gasteiger partial charge on any atom is -0.497 e. The van der Waals surface area contributed by atoms with Gasteiger partial charge in [0.05, 0.1) is 26.1 Å². The molecule has 0 bridgehead atoms. The topological polar surface area (TPSA) is 49.9 Å². The summed E-state index contributed by atoms with van der Waals surface area (Å²) < 4.78 is 5.23. The van der Waals surface area contributed by atoms with Crippen molar-refractivity contribution in [1.82, 2.24) is 9.80 Å². The van der Waals surface area contributed by atoms with Crippen molar-refractivity contribution in [3.05, 3.63) is 65.7 Å². The van der Waals surface area contributed by atoms with E-state index in [1.54, 1.807) is 7.11 Å². The Hall–Kier alpha value is -2.66. The summed E-state index contributed by atoms with van der Waals surface area (Å²) in [6, 6.07) is 17.7. The van der Waals surface area contributed by atoms with Gasteiger partial charge in [-0.05, 0) is 55.1 Å². The fourth-order valence-corrected chi connectivity index (χ4v) is 4.30. The van der Waals surface area contributed by atoms with E-state index in [9.17, 15) is 9.59 Å². The maximum atomic E-state index is 12.9. The Morgan fingerprint density at radius 2 is 1.64 bits per heavy atom. The molecule has 28 heavy (non-hydrogen) atoms. The Morgan fingerprint density at radius 1 is 0.964 bits per heavy atom. The first-order chi connectivity index (χ1) is 13.7. The first-order valence-corrected chi connectivity index (χ1v) is 9.92. The molecule has 0 unspecified atom stereocenters. The minimum atomic E-state index is -0.298. The lowest BCUT2D eigenvalue weighted by molar-refractivity contribution is -0.140. The first-order valence-electron chi connectivity index (χ1n) is 9.92. The van der Waals surface area contributed by atoms with Crippen LogP contribution in [0.1, 0.15) is 36.3 Å². The molecule has 5 nitrogen and oxygen atoms in total. The van der Waals surface area contributed by atoms with Crippen molar-refractivity contribution in [2.75, 3.05) is 20.2 Å². The van der Waals surface area contributed by atoms with E-state index in [1.165, 1.54) is 10.5 Å². The number of likely N-dealkylation sites (tertiary alicyclic amines) is 2. The molecule has 4 rings (SSSR count). The van der Waals surface area contributed by atoms with Crippen LogP contribution in [0.5, 0.6) is 5.75 Å². The van der Waals surface area contributed by atoms with E-state index in [1.807, 2.05) is 42.5 Å². The van der Waals surface area contributed by atoms with Gasteiger partial charge in [0, 0.05) is 0 Å². The van der Waals surface area contributed by atoms with Crippen molar-refractivity contribution >= 4 is 11.8 Å². The number of hydrogen-bond donors (Lipinski definition) is 0. The summed E-state index contributed by atoms with van der Waals surface area (Å²) in [6.07, 6.45) is 2.31. The Kier molecular flexibility index (Phi) is 5.44. The van der Waals surface area contributed by atoms with E-state index < -0.39 is 0 Å². The van der Waals surface area contributed by atoms with Gasteiger partial charge in [-0.15, -0.1) is 0 Å². The number of nitrogens with zero attached hydrogens (tertiary/aromatic N) is 2. The predicted molar refractivity (Wildman–Crippen MR) is 107 cm³/mol. The van der Waals surface area contributed by atoms with Crippen molar-refractivity contribution in [3.63, 3.8) is 0 Å². The van der Waals surface area contributed by atoms with Gasteiger partial charge in [0.15, 0.2) is 0 Å². The molecule has 2 aromatic carbocycles. The van der Waals surface area contributed by atoms with Crippen LogP contribution >= 0.6 is 0 Å². The fraction of sp³-hybridized carbons (Fsp3) is 0.391. The third-order valence-corrected chi connectivity index (χ3v) is 5.96. The Bertz CT molecular complexity index is 827. The SMILES string of the molecule is COc1ccc(C2CCN([C@@H]3CC(=O)N(Cc4ccccc4)C3=O)CC2)cc1. The summed E-state index contributed by atoms with van der Waals surface area (Å²) >= 11 is 0. The molecular formula is C23H26N2O3. The van der Waals surface area contributed by atoms with Gasteiger partial charge in [-0.1, -0.05) is 42.5 Å². The largest absolute Gasteiger partial charge is 0.497 e. The van der Waals surface area contributed by atoms with Gasteiger partial charge in [-0.3, -0.25) is 19.4 Å². The second kappa shape index (κ2) is 8.15. The standard InChI is InChI=1S/C23H26N2O3/c1-28-20-9-7-18(8-10-20)19-11-13-24(14-12-19)21-15-22(26)25(23(21)27)16-17-5-3-2-4-6-17/h2-10,19,21H,11-16H2,1H3/t21-/m1/s1. The van der Waals surface area contributed by atoms with Gasteiger partial charge in [-0.25, -0.2) is 0 Å². The number of carbonyl (C=O) groups is 2. The van der Waals surface area contributed by atoms with Crippen LogP contribution in [0, 0.1) is 0 Å². The number of piperidine rings is 1. The smallest absolute Gasteiger partial charge is 0.247 e. The molecule has 2 fully saturated rings. The van der Waals surface area contributed by atoms with Gasteiger partial charge < -0.3 is 4.74 Å². The molecule has 2 aliphatic heterocycles. The zero-order chi connectivity index (χ0) is 19.5. The summed E-state index contributed by atoms with van der Waals surface area (Å²) in [5, 5.41) is 0. The molecule has 0 saturated carbocycles. The third-order valence-electron chi connectivity index (χ3n) is 5.96. The summed E-state index contributed by atoms with van der Waals surface area (Å²) in [4.78, 5) is 29.0. The van der Waals surface area contributed by atoms with Crippen molar-refractivity contribution in [2.45, 2.75) is 37.8 Å². The molecule has 0 spiro atoms. The Morgan fingerprint density at radius 3 is 2.29 bits per heavy atom. The molecule has 0 aromatic heterocycles. The van der Waals surface area contributed by atoms with Crippen LogP contribution in [0.25, 0.3) is 0 Å². The summed E-state index contributed by atoms with van der Waals surface area (Å²) in [5.74, 6) is 1.26. The van der Waals surface area contributed by atoms with Gasteiger partial charge in [0.1, 0.15) is 5.75 Å². The van der Waals surface area contributed by atoms with Gasteiger partial charge in [-0.2, -0.15) is 0 Å². The van der Waals surface area contributed by atoms with Crippen molar-refractivity contribution in [1.29, 1.82) is 0 Å². The van der Waals surface area contributed by atoms with Gasteiger partial charge >= 0.3 is 0 Å². The normalized spacial score (nSPS) is 21.3. The molecule has 1 atom stereocenters. The van der Waals surface area contributed by atoms with Crippen LogP contribution in [0.2, 0.25) is 0 Å². The summed E-state index contributed by atoms with van der Waals surface area (Å²) in [6.45, 7) is 2.07. The number of ether oxygens (including phenoxy) is 1. The van der Waals surface area contributed by atoms with Crippen LogP contribution in [-0.4, -0.2) is 47.9 Å². The molecule has 0 aliphatic carbocycles. The van der Waals surface area contributed by atoms with Crippen LogP contribution in [-0.2, 0) is 16.1 Å². The number of imide groups is 1. The van der Waals surface area contributed by atoms with E-state index in [0.717, 1.165) is 37.2 Å². The number of rotatable bonds is 5. The molecule has 5 heteroatoms. The van der Waals surface area contributed by atoms with Gasteiger partial charge in [0.25, 0.3) is 0 Å². The third kappa shape index (κ3) is 3.80. The molecule has 2 amide bonds. The van der Waals surface area contributed by atoms with Crippen molar-refractivity contribution < 1.29 is 14.3 Å². The quantitative estimate of drug-likeness (QED) is 0.750. The highest BCUT2D eigenvalue weighted by atomic mass is 16.5. The molecule has 0 radical (unpaired) electrons. The predicted octanol–water partition coefficient (Wildman–Crippen LogP) is 3.20. The second-order valence-corrected chi connectivity index (χ2v) is 7.61. The summed E-state index contributed by atoms with van der Waals surface area (Å²) in [7, 11) is 1.68. The number of amides is 2. The van der Waals surface area contributed by atoms with Crippen LogP contribution in [0.4, 0.5) is 0 Å². The molecule has 0 N–H and O–H groups in total. The average Bonchev–Trinajstić information content (AvgIpc) is 3.03. The average molecular weight is 378 g/mol. The molecule has 2 saturated heterocycles. The lowest BCUT2D eigenvalue weighted by atomic mass is 9.88. The highest BCUT2D eigenvalue weighted by Gasteiger charge is 2.42. The van der Waals surface area contributed by atoms with Gasteiger partial charge in [0.2, 0.25) is 11.8 Å². The number of carbonyl (C=O) groups excluding carboxylic acids is 2. The lowest BCUT2D eigenvalue weighted by Gasteiger charge is -2.35. The lowest BCUT2D eigenvalue weighted by Crippen LogP contribution is -2.45. The van der Waals surface area contributed by atoms with E-state index >= 15 is 0 Å². The minimum absolute atomic E-state index is 0.0447. The van der Waals surface area contributed by atoms with E-state index in [0.29, 0.717) is 18.9 Å². The zero-order valence-electron chi connectivity index (χ0n) is 16.2. The van der Waals surface area contributed by atoms with Crippen molar-refractivity contribution in [2.24, 2.45) is 0 Å².